The molecule has 0 aliphatic rings. The standard InChI is InChI=1S/C21H23N3O/c1-3-16-8-7-9-17(4-2)20(16)23-21(25)22-18-10-12-19(13-11-18)24-14-5-6-15-24/h5-15H,3-4H2,1-2H3,(H2,22,23,25). The van der Waals surface area contributed by atoms with Crippen LogP contribution in [-0.4, -0.2) is 10.6 Å². The molecule has 1 heterocycles. The summed E-state index contributed by atoms with van der Waals surface area (Å²) in [6, 6.07) is 17.7. The number of carbonyl (C=O) groups is 1. The van der Waals surface area contributed by atoms with E-state index in [1.807, 2.05) is 59.4 Å². The largest absolute Gasteiger partial charge is 0.324 e. The van der Waals surface area contributed by atoms with E-state index in [1.54, 1.807) is 0 Å². The number of rotatable bonds is 5. The van der Waals surface area contributed by atoms with Crippen LogP contribution in [0.1, 0.15) is 25.0 Å². The fraction of sp³-hybridized carbons (Fsp3) is 0.190. The van der Waals surface area contributed by atoms with Gasteiger partial charge in [0.25, 0.3) is 0 Å². The first-order valence-corrected chi connectivity index (χ1v) is 8.63. The van der Waals surface area contributed by atoms with Crippen LogP contribution in [-0.2, 0) is 12.8 Å². The Hall–Kier alpha value is -3.01. The van der Waals surface area contributed by atoms with E-state index >= 15 is 0 Å². The molecule has 0 aliphatic carbocycles. The van der Waals surface area contributed by atoms with E-state index in [-0.39, 0.29) is 6.03 Å². The Bertz CT molecular complexity index is 814. The van der Waals surface area contributed by atoms with E-state index in [4.69, 9.17) is 0 Å². The summed E-state index contributed by atoms with van der Waals surface area (Å²) >= 11 is 0. The molecule has 0 atom stereocenters. The van der Waals surface area contributed by atoms with Gasteiger partial charge in [0.15, 0.2) is 0 Å². The Labute approximate surface area is 148 Å². The highest BCUT2D eigenvalue weighted by atomic mass is 16.2. The summed E-state index contributed by atoms with van der Waals surface area (Å²) in [5.74, 6) is 0. The van der Waals surface area contributed by atoms with Crippen LogP contribution in [0.2, 0.25) is 0 Å². The molecule has 128 valence electrons. The van der Waals surface area contributed by atoms with Gasteiger partial charge in [-0.2, -0.15) is 0 Å². The topological polar surface area (TPSA) is 46.1 Å². The van der Waals surface area contributed by atoms with Crippen molar-refractivity contribution >= 4 is 17.4 Å². The molecule has 0 fully saturated rings. The summed E-state index contributed by atoms with van der Waals surface area (Å²) in [5, 5.41) is 5.92. The Kier molecular flexibility index (Phi) is 5.19. The van der Waals surface area contributed by atoms with Gasteiger partial charge in [-0.1, -0.05) is 32.0 Å². The van der Waals surface area contributed by atoms with Crippen LogP contribution in [0.3, 0.4) is 0 Å². The van der Waals surface area contributed by atoms with Crippen LogP contribution in [0.15, 0.2) is 67.0 Å². The maximum atomic E-state index is 12.4. The third-order valence-corrected chi connectivity index (χ3v) is 4.27. The molecule has 0 unspecified atom stereocenters. The van der Waals surface area contributed by atoms with Gasteiger partial charge in [-0.25, -0.2) is 4.79 Å². The third-order valence-electron chi connectivity index (χ3n) is 4.27. The number of benzene rings is 2. The predicted molar refractivity (Wildman–Crippen MR) is 104 cm³/mol. The van der Waals surface area contributed by atoms with Crippen LogP contribution in [0, 0.1) is 0 Å². The molecular formula is C21H23N3O. The summed E-state index contributed by atoms with van der Waals surface area (Å²) < 4.78 is 2.02. The molecule has 2 N–H and O–H groups in total. The minimum absolute atomic E-state index is 0.218. The van der Waals surface area contributed by atoms with Crippen molar-refractivity contribution in [1.82, 2.24) is 4.57 Å². The number of hydrogen-bond donors (Lipinski definition) is 2. The molecule has 0 spiro atoms. The van der Waals surface area contributed by atoms with E-state index < -0.39 is 0 Å². The molecule has 0 saturated heterocycles. The van der Waals surface area contributed by atoms with Crippen molar-refractivity contribution in [3.05, 3.63) is 78.1 Å². The molecule has 0 aliphatic heterocycles. The van der Waals surface area contributed by atoms with Crippen molar-refractivity contribution in [2.45, 2.75) is 26.7 Å². The number of nitrogens with one attached hydrogen (secondary N) is 2. The molecule has 1 aromatic heterocycles. The van der Waals surface area contributed by atoms with Crippen LogP contribution >= 0.6 is 0 Å². The number of anilines is 2. The Balaban J connectivity index is 1.71. The molecule has 4 heteroatoms. The molecule has 0 bridgehead atoms. The second kappa shape index (κ2) is 7.71. The normalized spacial score (nSPS) is 10.5. The van der Waals surface area contributed by atoms with Crippen molar-refractivity contribution in [3.63, 3.8) is 0 Å². The number of para-hydroxylation sites is 1. The monoisotopic (exact) mass is 333 g/mol. The fourth-order valence-electron chi connectivity index (χ4n) is 2.90. The van der Waals surface area contributed by atoms with Crippen molar-refractivity contribution in [3.8, 4) is 5.69 Å². The van der Waals surface area contributed by atoms with E-state index in [2.05, 4.69) is 36.6 Å². The van der Waals surface area contributed by atoms with Crippen LogP contribution in [0.5, 0.6) is 0 Å². The lowest BCUT2D eigenvalue weighted by molar-refractivity contribution is 0.262. The average Bonchev–Trinajstić information content (AvgIpc) is 3.17. The smallest absolute Gasteiger partial charge is 0.323 e. The molecular weight excluding hydrogens is 310 g/mol. The van der Waals surface area contributed by atoms with Crippen LogP contribution in [0.4, 0.5) is 16.2 Å². The average molecular weight is 333 g/mol. The van der Waals surface area contributed by atoms with E-state index in [0.29, 0.717) is 0 Å². The number of hydrogen-bond acceptors (Lipinski definition) is 1. The number of aryl methyl sites for hydroxylation is 2. The minimum atomic E-state index is -0.218. The summed E-state index contributed by atoms with van der Waals surface area (Å²) in [6.07, 6.45) is 5.75. The molecule has 25 heavy (non-hydrogen) atoms. The van der Waals surface area contributed by atoms with Gasteiger partial charge in [0.2, 0.25) is 0 Å². The zero-order valence-electron chi connectivity index (χ0n) is 14.6. The fourth-order valence-corrected chi connectivity index (χ4v) is 2.90. The highest BCUT2D eigenvalue weighted by Crippen LogP contribution is 2.23. The highest BCUT2D eigenvalue weighted by Gasteiger charge is 2.10. The molecule has 3 aromatic rings. The van der Waals surface area contributed by atoms with Crippen molar-refractivity contribution in [1.29, 1.82) is 0 Å². The van der Waals surface area contributed by atoms with Crippen molar-refractivity contribution in [2.24, 2.45) is 0 Å². The van der Waals surface area contributed by atoms with E-state index in [9.17, 15) is 4.79 Å². The second-order valence-electron chi connectivity index (χ2n) is 5.87. The first-order valence-electron chi connectivity index (χ1n) is 8.63. The minimum Gasteiger partial charge on any atom is -0.324 e. The summed E-state index contributed by atoms with van der Waals surface area (Å²) in [6.45, 7) is 4.19. The molecule has 2 amide bonds. The van der Waals surface area contributed by atoms with Crippen LogP contribution in [0.25, 0.3) is 5.69 Å². The van der Waals surface area contributed by atoms with Gasteiger partial charge >= 0.3 is 6.03 Å². The lowest BCUT2D eigenvalue weighted by Gasteiger charge is -2.15. The van der Waals surface area contributed by atoms with Gasteiger partial charge in [-0.15, -0.1) is 0 Å². The summed E-state index contributed by atoms with van der Waals surface area (Å²) in [7, 11) is 0. The zero-order valence-corrected chi connectivity index (χ0v) is 14.6. The van der Waals surface area contributed by atoms with E-state index in [1.165, 1.54) is 0 Å². The van der Waals surface area contributed by atoms with Crippen LogP contribution < -0.4 is 10.6 Å². The second-order valence-corrected chi connectivity index (χ2v) is 5.87. The predicted octanol–water partition coefficient (Wildman–Crippen LogP) is 5.25. The van der Waals surface area contributed by atoms with Gasteiger partial charge in [0, 0.05) is 29.5 Å². The molecule has 0 saturated carbocycles. The SMILES string of the molecule is CCc1cccc(CC)c1NC(=O)Nc1ccc(-n2cccc2)cc1. The van der Waals surface area contributed by atoms with Crippen molar-refractivity contribution in [2.75, 3.05) is 10.6 Å². The molecule has 0 radical (unpaired) electrons. The van der Waals surface area contributed by atoms with Gasteiger partial charge in [-0.3, -0.25) is 0 Å². The lowest BCUT2D eigenvalue weighted by Crippen LogP contribution is -2.21. The Morgan fingerprint density at radius 3 is 2.00 bits per heavy atom. The quantitative estimate of drug-likeness (QED) is 0.658. The highest BCUT2D eigenvalue weighted by molar-refractivity contribution is 6.00. The summed E-state index contributed by atoms with van der Waals surface area (Å²) in [5.41, 5.74) is 5.05. The molecule has 3 rings (SSSR count). The maximum Gasteiger partial charge on any atom is 0.323 e. The maximum absolute atomic E-state index is 12.4. The Morgan fingerprint density at radius 1 is 0.840 bits per heavy atom. The zero-order chi connectivity index (χ0) is 17.6. The van der Waals surface area contributed by atoms with Gasteiger partial charge < -0.3 is 15.2 Å². The molecule has 4 nitrogen and oxygen atoms in total. The van der Waals surface area contributed by atoms with E-state index in [0.717, 1.165) is 41.0 Å². The number of amides is 2. The number of nitrogens with zero attached hydrogens (tertiary/aromatic N) is 1. The third kappa shape index (κ3) is 3.91. The number of urea groups is 1. The first kappa shape index (κ1) is 16.8. The lowest BCUT2D eigenvalue weighted by atomic mass is 10.0. The Morgan fingerprint density at radius 2 is 1.44 bits per heavy atom. The number of carbonyl (C=O) groups excluding carboxylic acids is 1. The first-order chi connectivity index (χ1) is 12.2. The van der Waals surface area contributed by atoms with Crippen molar-refractivity contribution < 1.29 is 4.79 Å². The van der Waals surface area contributed by atoms with Gasteiger partial charge in [-0.05, 0) is 60.4 Å². The van der Waals surface area contributed by atoms with Gasteiger partial charge in [0.1, 0.15) is 0 Å². The summed E-state index contributed by atoms with van der Waals surface area (Å²) in [4.78, 5) is 12.4. The van der Waals surface area contributed by atoms with Gasteiger partial charge in [0.05, 0.1) is 0 Å². The molecule has 2 aromatic carbocycles. The number of aromatic nitrogens is 1.